The van der Waals surface area contributed by atoms with Crippen LogP contribution in [-0.4, -0.2) is 22.6 Å². The number of piperidine rings is 1. The van der Waals surface area contributed by atoms with Gasteiger partial charge in [-0.15, -0.1) is 0 Å². The molecule has 1 aliphatic carbocycles. The first-order valence-corrected chi connectivity index (χ1v) is 10.0. The summed E-state index contributed by atoms with van der Waals surface area (Å²) in [5.74, 6) is 1.94. The highest BCUT2D eigenvalue weighted by molar-refractivity contribution is 5.36. The molecule has 2 fully saturated rings. The van der Waals surface area contributed by atoms with Crippen LogP contribution in [0.4, 0.5) is 5.82 Å². The van der Waals surface area contributed by atoms with Crippen LogP contribution in [0.5, 0.6) is 0 Å². The molecule has 0 bridgehead atoms. The van der Waals surface area contributed by atoms with Crippen LogP contribution in [0.1, 0.15) is 62.6 Å². The normalized spacial score (nSPS) is 18.5. The van der Waals surface area contributed by atoms with Crippen molar-refractivity contribution < 1.29 is 0 Å². The standard InChI is InChI=1S/C22H29N3O/c1-16(2)19-5-3-17(4-6-19)15-18-9-12-24(13-10-18)21-22(26)25(14-11-23-21)20-7-8-20/h3-6,11,14,16,18,20H,7-10,12-13,15H2,1-2H3. The minimum Gasteiger partial charge on any atom is -0.352 e. The van der Waals surface area contributed by atoms with Crippen molar-refractivity contribution in [1.29, 1.82) is 0 Å². The quantitative estimate of drug-likeness (QED) is 0.812. The van der Waals surface area contributed by atoms with Gasteiger partial charge in [-0.3, -0.25) is 4.79 Å². The van der Waals surface area contributed by atoms with E-state index in [9.17, 15) is 4.79 Å². The molecule has 1 aliphatic heterocycles. The summed E-state index contributed by atoms with van der Waals surface area (Å²) in [7, 11) is 0. The van der Waals surface area contributed by atoms with Crippen molar-refractivity contribution in [2.24, 2.45) is 5.92 Å². The number of hydrogen-bond donors (Lipinski definition) is 0. The Bertz CT molecular complexity index is 797. The van der Waals surface area contributed by atoms with E-state index in [1.165, 1.54) is 11.1 Å². The molecule has 4 nitrogen and oxygen atoms in total. The molecule has 2 heterocycles. The lowest BCUT2D eigenvalue weighted by atomic mass is 9.89. The third-order valence-electron chi connectivity index (χ3n) is 5.87. The Morgan fingerprint density at radius 1 is 1.08 bits per heavy atom. The maximum absolute atomic E-state index is 12.7. The smallest absolute Gasteiger partial charge is 0.293 e. The van der Waals surface area contributed by atoms with Crippen molar-refractivity contribution in [2.75, 3.05) is 18.0 Å². The van der Waals surface area contributed by atoms with Gasteiger partial charge < -0.3 is 9.47 Å². The zero-order chi connectivity index (χ0) is 18.1. The van der Waals surface area contributed by atoms with Crippen LogP contribution in [0.25, 0.3) is 0 Å². The minimum atomic E-state index is 0.0951. The Hall–Kier alpha value is -2.10. The summed E-state index contributed by atoms with van der Waals surface area (Å²) in [5, 5.41) is 0. The maximum Gasteiger partial charge on any atom is 0.293 e. The third-order valence-corrected chi connectivity index (χ3v) is 5.87. The van der Waals surface area contributed by atoms with E-state index in [0.717, 1.165) is 45.2 Å². The summed E-state index contributed by atoms with van der Waals surface area (Å²) in [5.41, 5.74) is 2.94. The summed E-state index contributed by atoms with van der Waals surface area (Å²) < 4.78 is 1.88. The van der Waals surface area contributed by atoms with E-state index in [-0.39, 0.29) is 5.56 Å². The second kappa shape index (κ2) is 7.26. The van der Waals surface area contributed by atoms with Gasteiger partial charge in [0.2, 0.25) is 0 Å². The molecule has 1 aromatic carbocycles. The van der Waals surface area contributed by atoms with Gasteiger partial charge in [-0.1, -0.05) is 38.1 Å². The molecule has 26 heavy (non-hydrogen) atoms. The molecule has 0 N–H and O–H groups in total. The summed E-state index contributed by atoms with van der Waals surface area (Å²) in [4.78, 5) is 19.3. The van der Waals surface area contributed by atoms with Crippen molar-refractivity contribution in [3.8, 4) is 0 Å². The molecule has 2 aliphatic rings. The molecule has 1 saturated carbocycles. The Labute approximate surface area is 155 Å². The molecule has 0 radical (unpaired) electrons. The molecule has 0 spiro atoms. The second-order valence-electron chi connectivity index (χ2n) is 8.23. The van der Waals surface area contributed by atoms with E-state index < -0.39 is 0 Å². The van der Waals surface area contributed by atoms with Gasteiger partial charge in [0.25, 0.3) is 5.56 Å². The van der Waals surface area contributed by atoms with Crippen LogP contribution in [0.15, 0.2) is 41.5 Å². The van der Waals surface area contributed by atoms with Gasteiger partial charge in [0.1, 0.15) is 0 Å². The number of benzene rings is 1. The largest absolute Gasteiger partial charge is 0.352 e. The van der Waals surface area contributed by atoms with Gasteiger partial charge in [0.15, 0.2) is 5.82 Å². The van der Waals surface area contributed by atoms with Crippen LogP contribution in [0.3, 0.4) is 0 Å². The molecule has 1 saturated heterocycles. The van der Waals surface area contributed by atoms with Crippen LogP contribution in [0, 0.1) is 5.92 Å². The fourth-order valence-corrected chi connectivity index (χ4v) is 3.99. The van der Waals surface area contributed by atoms with E-state index in [1.807, 2.05) is 10.8 Å². The Kier molecular flexibility index (Phi) is 4.84. The SMILES string of the molecule is CC(C)c1ccc(CC2CCN(c3nccn(C4CC4)c3=O)CC2)cc1. The third kappa shape index (κ3) is 3.69. The van der Waals surface area contributed by atoms with Crippen LogP contribution >= 0.6 is 0 Å². The highest BCUT2D eigenvalue weighted by Crippen LogP contribution is 2.33. The van der Waals surface area contributed by atoms with E-state index in [4.69, 9.17) is 0 Å². The summed E-state index contributed by atoms with van der Waals surface area (Å²) in [6.45, 7) is 6.34. The van der Waals surface area contributed by atoms with Crippen molar-refractivity contribution in [3.05, 3.63) is 58.1 Å². The average molecular weight is 351 g/mol. The Morgan fingerprint density at radius 3 is 2.38 bits per heavy atom. The fraction of sp³-hybridized carbons (Fsp3) is 0.545. The van der Waals surface area contributed by atoms with Crippen molar-refractivity contribution in [1.82, 2.24) is 9.55 Å². The highest BCUT2D eigenvalue weighted by Gasteiger charge is 2.27. The zero-order valence-corrected chi connectivity index (χ0v) is 15.9. The van der Waals surface area contributed by atoms with E-state index in [2.05, 4.69) is 48.0 Å². The minimum absolute atomic E-state index is 0.0951. The predicted molar refractivity (Wildman–Crippen MR) is 106 cm³/mol. The first kappa shape index (κ1) is 17.3. The molecule has 138 valence electrons. The van der Waals surface area contributed by atoms with E-state index in [0.29, 0.717) is 23.7 Å². The van der Waals surface area contributed by atoms with Crippen LogP contribution in [0.2, 0.25) is 0 Å². The first-order chi connectivity index (χ1) is 12.6. The first-order valence-electron chi connectivity index (χ1n) is 10.0. The number of rotatable bonds is 5. The fourth-order valence-electron chi connectivity index (χ4n) is 3.99. The number of hydrogen-bond acceptors (Lipinski definition) is 3. The summed E-state index contributed by atoms with van der Waals surface area (Å²) in [6.07, 6.45) is 9.29. The second-order valence-corrected chi connectivity index (χ2v) is 8.23. The molecule has 0 atom stereocenters. The molecular formula is C22H29N3O. The average Bonchev–Trinajstić information content (AvgIpc) is 3.48. The lowest BCUT2D eigenvalue weighted by Crippen LogP contribution is -2.39. The van der Waals surface area contributed by atoms with Crippen molar-refractivity contribution in [3.63, 3.8) is 0 Å². The monoisotopic (exact) mass is 351 g/mol. The summed E-state index contributed by atoms with van der Waals surface area (Å²) >= 11 is 0. The maximum atomic E-state index is 12.7. The topological polar surface area (TPSA) is 38.1 Å². The molecule has 1 aromatic heterocycles. The van der Waals surface area contributed by atoms with E-state index in [1.54, 1.807) is 6.20 Å². The lowest BCUT2D eigenvalue weighted by Gasteiger charge is -2.32. The van der Waals surface area contributed by atoms with Gasteiger partial charge in [-0.2, -0.15) is 0 Å². The molecular weight excluding hydrogens is 322 g/mol. The Balaban J connectivity index is 1.37. The zero-order valence-electron chi connectivity index (χ0n) is 15.9. The van der Waals surface area contributed by atoms with Crippen LogP contribution in [-0.2, 0) is 6.42 Å². The Morgan fingerprint density at radius 2 is 1.77 bits per heavy atom. The molecule has 2 aromatic rings. The number of nitrogens with zero attached hydrogens (tertiary/aromatic N) is 3. The summed E-state index contributed by atoms with van der Waals surface area (Å²) in [6, 6.07) is 9.52. The predicted octanol–water partition coefficient (Wildman–Crippen LogP) is 4.16. The molecule has 4 rings (SSSR count). The number of aromatic nitrogens is 2. The van der Waals surface area contributed by atoms with Gasteiger partial charge in [0.05, 0.1) is 0 Å². The molecule has 0 unspecified atom stereocenters. The molecule has 0 amide bonds. The van der Waals surface area contributed by atoms with Crippen LogP contribution < -0.4 is 10.5 Å². The lowest BCUT2D eigenvalue weighted by molar-refractivity contribution is 0.401. The van der Waals surface area contributed by atoms with Gasteiger partial charge in [-0.25, -0.2) is 4.98 Å². The van der Waals surface area contributed by atoms with E-state index >= 15 is 0 Å². The van der Waals surface area contributed by atoms with Gasteiger partial charge in [0, 0.05) is 31.5 Å². The van der Waals surface area contributed by atoms with Gasteiger partial charge >= 0.3 is 0 Å². The van der Waals surface area contributed by atoms with Crippen molar-refractivity contribution in [2.45, 2.75) is 57.9 Å². The number of anilines is 1. The van der Waals surface area contributed by atoms with Crippen molar-refractivity contribution >= 4 is 5.82 Å². The van der Waals surface area contributed by atoms with Gasteiger partial charge in [-0.05, 0) is 55.1 Å². The highest BCUT2D eigenvalue weighted by atomic mass is 16.1. The molecule has 4 heteroatoms.